The zero-order valence-electron chi connectivity index (χ0n) is 15.1. The minimum Gasteiger partial charge on any atom is -0.484 e. The van der Waals surface area contributed by atoms with Gasteiger partial charge in [-0.1, -0.05) is 44.0 Å². The first kappa shape index (κ1) is 20.2. The van der Waals surface area contributed by atoms with Crippen LogP contribution in [0.1, 0.15) is 33.0 Å². The fourth-order valence-electron chi connectivity index (χ4n) is 2.78. The number of oxazole rings is 1. The summed E-state index contributed by atoms with van der Waals surface area (Å²) in [5.41, 5.74) is -0.706. The van der Waals surface area contributed by atoms with E-state index in [1.54, 1.807) is 0 Å². The van der Waals surface area contributed by atoms with Crippen molar-refractivity contribution in [2.75, 3.05) is 13.2 Å². The van der Waals surface area contributed by atoms with Crippen molar-refractivity contribution in [1.29, 1.82) is 0 Å². The quantitative estimate of drug-likeness (QED) is 0.820. The number of benzene rings is 1. The molecule has 0 saturated carbocycles. The minimum atomic E-state index is -0.821. The second-order valence-corrected chi connectivity index (χ2v) is 8.16. The lowest BCUT2D eigenvalue weighted by Gasteiger charge is -2.28. The maximum atomic E-state index is 14.6. The lowest BCUT2D eigenvalue weighted by atomic mass is 9.94. The molecule has 2 heterocycles. The maximum absolute atomic E-state index is 14.6. The van der Waals surface area contributed by atoms with Crippen LogP contribution in [0.5, 0.6) is 5.75 Å². The van der Waals surface area contributed by atoms with E-state index in [0.717, 1.165) is 10.6 Å². The minimum absolute atomic E-state index is 0.00210. The SMILES string of the molecule is CC(C)(C)c1oc(=O)n(-c2cc(OC3COCCC3O)c(Cl)cc2F)c1Cl. The molecule has 1 aromatic carbocycles. The molecule has 0 radical (unpaired) electrons. The summed E-state index contributed by atoms with van der Waals surface area (Å²) >= 11 is 12.4. The van der Waals surface area contributed by atoms with Crippen LogP contribution >= 0.6 is 23.2 Å². The van der Waals surface area contributed by atoms with Crippen molar-refractivity contribution in [3.05, 3.63) is 44.4 Å². The van der Waals surface area contributed by atoms with Gasteiger partial charge >= 0.3 is 5.76 Å². The molecule has 2 atom stereocenters. The molecule has 0 bridgehead atoms. The number of hydrogen-bond acceptors (Lipinski definition) is 5. The van der Waals surface area contributed by atoms with Crippen molar-refractivity contribution < 1.29 is 23.4 Å². The van der Waals surface area contributed by atoms with Gasteiger partial charge < -0.3 is 19.0 Å². The van der Waals surface area contributed by atoms with Crippen LogP contribution in [0.15, 0.2) is 21.3 Å². The van der Waals surface area contributed by atoms with Gasteiger partial charge in [-0.25, -0.2) is 13.8 Å². The van der Waals surface area contributed by atoms with Gasteiger partial charge in [0.05, 0.1) is 23.4 Å². The molecule has 1 N–H and O–H groups in total. The Morgan fingerprint density at radius 2 is 2.04 bits per heavy atom. The van der Waals surface area contributed by atoms with E-state index >= 15 is 0 Å². The number of aromatic nitrogens is 1. The topological polar surface area (TPSA) is 73.8 Å². The number of aliphatic hydroxyl groups is 1. The van der Waals surface area contributed by atoms with Gasteiger partial charge in [-0.05, 0) is 6.07 Å². The van der Waals surface area contributed by atoms with E-state index in [1.807, 2.05) is 20.8 Å². The Morgan fingerprint density at radius 1 is 1.33 bits per heavy atom. The Bertz CT molecular complexity index is 902. The van der Waals surface area contributed by atoms with E-state index in [1.165, 1.54) is 6.07 Å². The largest absolute Gasteiger partial charge is 0.484 e. The van der Waals surface area contributed by atoms with Crippen LogP contribution in [0.25, 0.3) is 5.69 Å². The van der Waals surface area contributed by atoms with Crippen LogP contribution in [-0.2, 0) is 10.2 Å². The Morgan fingerprint density at radius 3 is 2.63 bits per heavy atom. The van der Waals surface area contributed by atoms with Crippen molar-refractivity contribution in [2.24, 2.45) is 0 Å². The summed E-state index contributed by atoms with van der Waals surface area (Å²) in [7, 11) is 0. The number of ether oxygens (including phenoxy) is 2. The van der Waals surface area contributed by atoms with Gasteiger partial charge in [0.15, 0.2) is 10.9 Å². The summed E-state index contributed by atoms with van der Waals surface area (Å²) in [6.45, 7) is 6.06. The average molecular weight is 420 g/mol. The Kier molecular flexibility index (Phi) is 5.59. The fraction of sp³-hybridized carbons (Fsp3) is 0.500. The lowest BCUT2D eigenvalue weighted by Crippen LogP contribution is -2.41. The molecule has 1 aromatic heterocycles. The normalized spacial score (nSPS) is 20.7. The van der Waals surface area contributed by atoms with Gasteiger partial charge in [-0.15, -0.1) is 0 Å². The molecular weight excluding hydrogens is 400 g/mol. The molecule has 1 fully saturated rings. The summed E-state index contributed by atoms with van der Waals surface area (Å²) in [6.07, 6.45) is -0.981. The highest BCUT2D eigenvalue weighted by molar-refractivity contribution is 6.32. The number of aliphatic hydroxyl groups excluding tert-OH is 1. The second kappa shape index (κ2) is 7.47. The summed E-state index contributed by atoms with van der Waals surface area (Å²) in [5.74, 6) is -1.25. The van der Waals surface area contributed by atoms with Crippen LogP contribution in [-0.4, -0.2) is 35.1 Å². The van der Waals surface area contributed by atoms with Gasteiger partial charge in [-0.3, -0.25) is 0 Å². The highest BCUT2D eigenvalue weighted by Gasteiger charge is 2.30. The second-order valence-electron chi connectivity index (χ2n) is 7.39. The molecule has 148 valence electrons. The summed E-state index contributed by atoms with van der Waals surface area (Å²) in [5, 5.41) is 10.0. The first-order valence-electron chi connectivity index (χ1n) is 8.43. The van der Waals surface area contributed by atoms with Crippen molar-refractivity contribution >= 4 is 23.2 Å². The predicted molar refractivity (Wildman–Crippen MR) is 98.8 cm³/mol. The van der Waals surface area contributed by atoms with E-state index in [-0.39, 0.29) is 34.0 Å². The molecule has 0 aliphatic carbocycles. The standard InChI is InChI=1S/C18H20Cl2FNO5/c1-18(2,3)15-16(20)22(17(24)27-15)11-7-13(9(19)6-10(11)21)26-14-8-25-5-4-12(14)23/h6-7,12,14,23H,4-5,8H2,1-3H3. The molecule has 27 heavy (non-hydrogen) atoms. The Labute approximate surface area is 165 Å². The first-order chi connectivity index (χ1) is 12.6. The molecule has 6 nitrogen and oxygen atoms in total. The average Bonchev–Trinajstić information content (AvgIpc) is 2.87. The molecule has 0 amide bonds. The molecular formula is C18H20Cl2FNO5. The van der Waals surface area contributed by atoms with Gasteiger partial charge in [0.1, 0.15) is 17.7 Å². The molecule has 2 aromatic rings. The Hall–Kier alpha value is -1.54. The Balaban J connectivity index is 2.05. The van der Waals surface area contributed by atoms with Crippen LogP contribution in [0.2, 0.25) is 10.2 Å². The molecule has 0 spiro atoms. The zero-order chi connectivity index (χ0) is 19.9. The first-order valence-corrected chi connectivity index (χ1v) is 9.19. The van der Waals surface area contributed by atoms with E-state index in [0.29, 0.717) is 13.0 Å². The molecule has 1 aliphatic rings. The van der Waals surface area contributed by atoms with Crippen LogP contribution < -0.4 is 10.5 Å². The molecule has 2 unspecified atom stereocenters. The van der Waals surface area contributed by atoms with Crippen molar-refractivity contribution in [1.82, 2.24) is 4.57 Å². The summed E-state index contributed by atoms with van der Waals surface area (Å²) in [6, 6.07) is 2.28. The number of hydrogen-bond donors (Lipinski definition) is 1. The lowest BCUT2D eigenvalue weighted by molar-refractivity contribution is -0.0735. The van der Waals surface area contributed by atoms with Crippen LogP contribution in [0.4, 0.5) is 4.39 Å². The fourth-order valence-corrected chi connectivity index (χ4v) is 3.46. The van der Waals surface area contributed by atoms with E-state index in [9.17, 15) is 14.3 Å². The summed E-state index contributed by atoms with van der Waals surface area (Å²) < 4.78 is 31.7. The van der Waals surface area contributed by atoms with Gasteiger partial charge in [-0.2, -0.15) is 0 Å². The third-order valence-corrected chi connectivity index (χ3v) is 4.86. The highest BCUT2D eigenvalue weighted by Crippen LogP contribution is 2.35. The van der Waals surface area contributed by atoms with Gasteiger partial charge in [0, 0.05) is 24.5 Å². The van der Waals surface area contributed by atoms with Crippen LogP contribution in [0.3, 0.4) is 0 Å². The van der Waals surface area contributed by atoms with Crippen molar-refractivity contribution in [3.63, 3.8) is 0 Å². The zero-order valence-corrected chi connectivity index (χ0v) is 16.6. The number of rotatable bonds is 3. The monoisotopic (exact) mass is 419 g/mol. The molecule has 3 rings (SSSR count). The molecule has 1 aliphatic heterocycles. The third-order valence-electron chi connectivity index (χ3n) is 4.23. The molecule has 9 heteroatoms. The molecule has 1 saturated heterocycles. The van der Waals surface area contributed by atoms with E-state index in [4.69, 9.17) is 37.1 Å². The smallest absolute Gasteiger partial charge is 0.425 e. The third kappa shape index (κ3) is 4.01. The maximum Gasteiger partial charge on any atom is 0.425 e. The van der Waals surface area contributed by atoms with Gasteiger partial charge in [0.25, 0.3) is 0 Å². The number of halogens is 3. The van der Waals surface area contributed by atoms with Crippen molar-refractivity contribution in [3.8, 4) is 11.4 Å². The summed E-state index contributed by atoms with van der Waals surface area (Å²) in [4.78, 5) is 12.3. The van der Waals surface area contributed by atoms with Crippen molar-refractivity contribution in [2.45, 2.75) is 44.8 Å². The van der Waals surface area contributed by atoms with Crippen LogP contribution in [0, 0.1) is 5.82 Å². The predicted octanol–water partition coefficient (Wildman–Crippen LogP) is 3.70. The van der Waals surface area contributed by atoms with Gasteiger partial charge in [0.2, 0.25) is 0 Å². The van der Waals surface area contributed by atoms with E-state index < -0.39 is 29.2 Å². The highest BCUT2D eigenvalue weighted by atomic mass is 35.5. The number of nitrogens with zero attached hydrogens (tertiary/aromatic N) is 1. The van der Waals surface area contributed by atoms with E-state index in [2.05, 4.69) is 0 Å².